The summed E-state index contributed by atoms with van der Waals surface area (Å²) in [5.41, 5.74) is 0.593. The van der Waals surface area contributed by atoms with Crippen molar-refractivity contribution in [3.05, 3.63) is 40.2 Å². The van der Waals surface area contributed by atoms with Crippen molar-refractivity contribution in [3.8, 4) is 0 Å². The van der Waals surface area contributed by atoms with Crippen LogP contribution in [0.15, 0.2) is 33.5 Å². The van der Waals surface area contributed by atoms with Crippen LogP contribution < -0.4 is 10.5 Å². The molecule has 0 N–H and O–H groups in total. The van der Waals surface area contributed by atoms with E-state index in [-0.39, 0.29) is 5.56 Å². The Bertz CT molecular complexity index is 674. The number of nitrogens with zero attached hydrogens (tertiary/aromatic N) is 1. The second-order valence-electron chi connectivity index (χ2n) is 4.12. The highest BCUT2D eigenvalue weighted by molar-refractivity contribution is 6.67. The van der Waals surface area contributed by atoms with Gasteiger partial charge in [-0.25, -0.2) is 4.79 Å². The predicted octanol–water partition coefficient (Wildman–Crippen LogP) is 3.02. The van der Waals surface area contributed by atoms with Crippen LogP contribution in [0.4, 0.5) is 5.69 Å². The number of rotatable bonds is 4. The van der Waals surface area contributed by atoms with Crippen LogP contribution in [0.3, 0.4) is 0 Å². The van der Waals surface area contributed by atoms with E-state index in [0.29, 0.717) is 11.0 Å². The zero-order valence-electron chi connectivity index (χ0n) is 10.8. The van der Waals surface area contributed by atoms with Gasteiger partial charge in [-0.2, -0.15) is 0 Å². The van der Waals surface area contributed by atoms with Gasteiger partial charge in [-0.05, 0) is 43.6 Å². The van der Waals surface area contributed by atoms with Crippen molar-refractivity contribution in [1.29, 1.82) is 0 Å². The number of anilines is 1. The van der Waals surface area contributed by atoms with Gasteiger partial charge < -0.3 is 9.32 Å². The molecule has 0 bridgehead atoms. The molecule has 0 atom stereocenters. The molecule has 5 heteroatoms. The van der Waals surface area contributed by atoms with Crippen molar-refractivity contribution in [3.63, 3.8) is 0 Å². The zero-order valence-corrected chi connectivity index (χ0v) is 11.5. The Hall–Kier alpha value is -1.81. The third-order valence-electron chi connectivity index (χ3n) is 3.06. The van der Waals surface area contributed by atoms with Gasteiger partial charge in [-0.15, -0.1) is 0 Å². The van der Waals surface area contributed by atoms with E-state index < -0.39 is 10.9 Å². The minimum Gasteiger partial charge on any atom is -0.422 e. The van der Waals surface area contributed by atoms with Gasteiger partial charge >= 0.3 is 5.63 Å². The quantitative estimate of drug-likeness (QED) is 0.638. The second-order valence-corrected chi connectivity index (χ2v) is 4.46. The smallest absolute Gasteiger partial charge is 0.348 e. The lowest BCUT2D eigenvalue weighted by atomic mass is 10.1. The number of hydrogen-bond donors (Lipinski definition) is 0. The fourth-order valence-electron chi connectivity index (χ4n) is 2.02. The van der Waals surface area contributed by atoms with Gasteiger partial charge in [0.15, 0.2) is 0 Å². The van der Waals surface area contributed by atoms with E-state index in [1.54, 1.807) is 6.07 Å². The number of carbonyl (C=O) groups is 1. The molecule has 0 aliphatic rings. The summed E-state index contributed by atoms with van der Waals surface area (Å²) >= 11 is 5.33. The molecular weight excluding hydrogens is 266 g/mol. The molecule has 0 saturated heterocycles. The summed E-state index contributed by atoms with van der Waals surface area (Å²) in [5.74, 6) is 0. The average Bonchev–Trinajstić information content (AvgIpc) is 2.38. The van der Waals surface area contributed by atoms with Crippen molar-refractivity contribution in [2.24, 2.45) is 0 Å². The van der Waals surface area contributed by atoms with Gasteiger partial charge in [0, 0.05) is 30.2 Å². The van der Waals surface area contributed by atoms with Crippen LogP contribution in [0, 0.1) is 0 Å². The van der Waals surface area contributed by atoms with Crippen LogP contribution in [0.1, 0.15) is 24.2 Å². The van der Waals surface area contributed by atoms with Gasteiger partial charge in [0.25, 0.3) is 5.24 Å². The summed E-state index contributed by atoms with van der Waals surface area (Å²) < 4.78 is 5.15. The molecule has 2 rings (SSSR count). The molecule has 0 aliphatic carbocycles. The van der Waals surface area contributed by atoms with Crippen molar-refractivity contribution in [2.45, 2.75) is 13.8 Å². The van der Waals surface area contributed by atoms with E-state index >= 15 is 0 Å². The van der Waals surface area contributed by atoms with Gasteiger partial charge in [0.05, 0.1) is 0 Å². The lowest BCUT2D eigenvalue weighted by molar-refractivity contribution is 0.107. The number of carbonyl (C=O) groups excluding carboxylic acids is 1. The van der Waals surface area contributed by atoms with E-state index in [1.165, 1.54) is 6.07 Å². The fourth-order valence-corrected chi connectivity index (χ4v) is 2.15. The third kappa shape index (κ3) is 2.63. The Labute approximate surface area is 115 Å². The zero-order chi connectivity index (χ0) is 14.0. The minimum atomic E-state index is -0.802. The maximum Gasteiger partial charge on any atom is 0.348 e. The Morgan fingerprint density at radius 3 is 2.53 bits per heavy atom. The van der Waals surface area contributed by atoms with Crippen LogP contribution in [-0.2, 0) is 0 Å². The van der Waals surface area contributed by atoms with Crippen molar-refractivity contribution < 1.29 is 9.21 Å². The highest BCUT2D eigenvalue weighted by Crippen LogP contribution is 2.22. The molecule has 0 saturated carbocycles. The van der Waals surface area contributed by atoms with E-state index in [1.807, 2.05) is 12.1 Å². The molecule has 2 aromatic rings. The van der Waals surface area contributed by atoms with Crippen molar-refractivity contribution in [1.82, 2.24) is 0 Å². The molecule has 0 amide bonds. The molecule has 1 aromatic carbocycles. The summed E-state index contributed by atoms with van der Waals surface area (Å²) in [6.45, 7) is 5.84. The Morgan fingerprint density at radius 2 is 1.95 bits per heavy atom. The maximum atomic E-state index is 11.6. The van der Waals surface area contributed by atoms with Crippen molar-refractivity contribution >= 4 is 33.5 Å². The predicted molar refractivity (Wildman–Crippen MR) is 76.2 cm³/mol. The molecule has 1 heterocycles. The first-order valence-corrected chi connectivity index (χ1v) is 6.47. The first-order chi connectivity index (χ1) is 9.06. The van der Waals surface area contributed by atoms with Gasteiger partial charge in [0.2, 0.25) is 0 Å². The van der Waals surface area contributed by atoms with E-state index in [0.717, 1.165) is 18.8 Å². The summed E-state index contributed by atoms with van der Waals surface area (Å²) in [5, 5.41) is -0.122. The first kappa shape index (κ1) is 13.6. The van der Waals surface area contributed by atoms with Gasteiger partial charge in [-0.1, -0.05) is 0 Å². The highest BCUT2D eigenvalue weighted by atomic mass is 35.5. The molecule has 0 spiro atoms. The number of benzene rings is 1. The van der Waals surface area contributed by atoms with E-state index in [4.69, 9.17) is 16.0 Å². The lowest BCUT2D eigenvalue weighted by Crippen LogP contribution is -2.21. The Kier molecular flexibility index (Phi) is 3.90. The summed E-state index contributed by atoms with van der Waals surface area (Å²) in [7, 11) is 0. The van der Waals surface area contributed by atoms with Crippen LogP contribution in [0.25, 0.3) is 11.0 Å². The molecule has 0 fully saturated rings. The standard InChI is InChI=1S/C14H14ClNO3/c1-3-16(4-2)10-6-5-9-7-11(13(15)17)14(18)19-12(9)8-10/h5-8H,3-4H2,1-2H3. The van der Waals surface area contributed by atoms with E-state index in [2.05, 4.69) is 18.7 Å². The maximum absolute atomic E-state index is 11.6. The molecular formula is C14H14ClNO3. The summed E-state index contributed by atoms with van der Waals surface area (Å²) in [6, 6.07) is 7.00. The van der Waals surface area contributed by atoms with E-state index in [9.17, 15) is 9.59 Å². The number of halogens is 1. The normalized spacial score (nSPS) is 10.7. The van der Waals surface area contributed by atoms with Crippen LogP contribution >= 0.6 is 11.6 Å². The second kappa shape index (κ2) is 5.45. The third-order valence-corrected chi connectivity index (χ3v) is 3.26. The van der Waals surface area contributed by atoms with Gasteiger partial charge in [-0.3, -0.25) is 4.79 Å². The molecule has 0 aliphatic heterocycles. The molecule has 19 heavy (non-hydrogen) atoms. The molecule has 1 aromatic heterocycles. The lowest BCUT2D eigenvalue weighted by Gasteiger charge is -2.20. The molecule has 100 valence electrons. The monoisotopic (exact) mass is 279 g/mol. The van der Waals surface area contributed by atoms with Crippen LogP contribution in [-0.4, -0.2) is 18.3 Å². The topological polar surface area (TPSA) is 50.5 Å². The first-order valence-electron chi connectivity index (χ1n) is 6.09. The average molecular weight is 280 g/mol. The summed E-state index contributed by atoms with van der Waals surface area (Å²) in [4.78, 5) is 24.8. The molecule has 0 unspecified atom stereocenters. The fraction of sp³-hybridized carbons (Fsp3) is 0.286. The number of hydrogen-bond acceptors (Lipinski definition) is 4. The SMILES string of the molecule is CCN(CC)c1ccc2cc(C(=O)Cl)c(=O)oc2c1. The minimum absolute atomic E-state index is 0.134. The molecule has 0 radical (unpaired) electrons. The van der Waals surface area contributed by atoms with Crippen LogP contribution in [0.5, 0.6) is 0 Å². The van der Waals surface area contributed by atoms with Gasteiger partial charge in [0.1, 0.15) is 11.1 Å². The Morgan fingerprint density at radius 1 is 1.26 bits per heavy atom. The van der Waals surface area contributed by atoms with Crippen molar-refractivity contribution in [2.75, 3.05) is 18.0 Å². The number of fused-ring (bicyclic) bond motifs is 1. The van der Waals surface area contributed by atoms with Crippen LogP contribution in [0.2, 0.25) is 0 Å². The summed E-state index contributed by atoms with van der Waals surface area (Å²) in [6.07, 6.45) is 0. The largest absolute Gasteiger partial charge is 0.422 e. The Balaban J connectivity index is 2.59. The molecule has 4 nitrogen and oxygen atoms in total. The highest BCUT2D eigenvalue weighted by Gasteiger charge is 2.12.